The number of hydrogen-bond acceptors (Lipinski definition) is 4. The van der Waals surface area contributed by atoms with Gasteiger partial charge in [-0.25, -0.2) is 5.10 Å². The predicted octanol–water partition coefficient (Wildman–Crippen LogP) is 0.737. The van der Waals surface area contributed by atoms with Gasteiger partial charge in [-0.2, -0.15) is 0 Å². The van der Waals surface area contributed by atoms with E-state index >= 15 is 0 Å². The van der Waals surface area contributed by atoms with Crippen LogP contribution in [0.15, 0.2) is 33.9 Å². The molecule has 0 spiro atoms. The molecule has 0 saturated carbocycles. The normalized spacial score (nSPS) is 13.7. The Morgan fingerprint density at radius 2 is 2.00 bits per heavy atom. The summed E-state index contributed by atoms with van der Waals surface area (Å²) in [5.74, 6) is 0.410. The molecular formula is C11H9ClN4O2. The lowest BCUT2D eigenvalue weighted by Gasteiger charge is -2.17. The standard InChI is InChI=1S/C11H9ClN4O2/c12-7-3-1-2-4-8(7)15-5-6-16-10(18)9(17)13-14-11(15)16/h1-4H,5-6H2,(H,13,17). The summed E-state index contributed by atoms with van der Waals surface area (Å²) >= 11 is 6.11. The molecule has 0 atom stereocenters. The zero-order valence-corrected chi connectivity index (χ0v) is 10.0. The van der Waals surface area contributed by atoms with E-state index in [1.54, 1.807) is 11.0 Å². The van der Waals surface area contributed by atoms with Crippen molar-refractivity contribution >= 4 is 23.2 Å². The van der Waals surface area contributed by atoms with E-state index < -0.39 is 11.1 Å². The topological polar surface area (TPSA) is 71.0 Å². The van der Waals surface area contributed by atoms with Gasteiger partial charge in [0.15, 0.2) is 0 Å². The first kappa shape index (κ1) is 11.0. The molecule has 1 aliphatic rings. The molecule has 0 unspecified atom stereocenters. The lowest BCUT2D eigenvalue weighted by Crippen LogP contribution is -2.36. The molecule has 1 aromatic carbocycles. The van der Waals surface area contributed by atoms with E-state index in [0.29, 0.717) is 24.1 Å². The highest BCUT2D eigenvalue weighted by atomic mass is 35.5. The monoisotopic (exact) mass is 264 g/mol. The minimum absolute atomic E-state index is 0.410. The average molecular weight is 265 g/mol. The van der Waals surface area contributed by atoms with Crippen LogP contribution < -0.4 is 16.0 Å². The summed E-state index contributed by atoms with van der Waals surface area (Å²) in [5.41, 5.74) is -0.529. The molecular weight excluding hydrogens is 256 g/mol. The molecule has 1 aliphatic heterocycles. The van der Waals surface area contributed by atoms with Crippen LogP contribution in [0, 0.1) is 0 Å². The molecule has 92 valence electrons. The van der Waals surface area contributed by atoms with Gasteiger partial charge in [-0.05, 0) is 12.1 Å². The summed E-state index contributed by atoms with van der Waals surface area (Å²) in [4.78, 5) is 24.6. The molecule has 0 bridgehead atoms. The largest absolute Gasteiger partial charge is 0.330 e. The van der Waals surface area contributed by atoms with Crippen LogP contribution in [0.5, 0.6) is 0 Å². The van der Waals surface area contributed by atoms with Crippen molar-refractivity contribution in [2.75, 3.05) is 11.4 Å². The second-order valence-corrected chi connectivity index (χ2v) is 4.32. The van der Waals surface area contributed by atoms with Crippen LogP contribution in [0.4, 0.5) is 11.6 Å². The maximum absolute atomic E-state index is 11.6. The Labute approximate surface area is 106 Å². The Kier molecular flexibility index (Phi) is 2.45. The number of nitrogens with zero attached hydrogens (tertiary/aromatic N) is 3. The number of rotatable bonds is 1. The molecule has 2 heterocycles. The summed E-state index contributed by atoms with van der Waals surface area (Å²) in [5, 5.41) is 6.68. The zero-order valence-electron chi connectivity index (χ0n) is 9.26. The molecule has 0 saturated heterocycles. The second-order valence-electron chi connectivity index (χ2n) is 3.91. The lowest BCUT2D eigenvalue weighted by atomic mass is 10.3. The number of para-hydroxylation sites is 1. The van der Waals surface area contributed by atoms with Crippen molar-refractivity contribution in [1.82, 2.24) is 14.8 Å². The van der Waals surface area contributed by atoms with Gasteiger partial charge < -0.3 is 4.90 Å². The van der Waals surface area contributed by atoms with Crippen LogP contribution in [0.1, 0.15) is 0 Å². The molecule has 1 aromatic heterocycles. The van der Waals surface area contributed by atoms with Gasteiger partial charge in [-0.15, -0.1) is 5.10 Å². The minimum atomic E-state index is -0.709. The quantitative estimate of drug-likeness (QED) is 0.771. The van der Waals surface area contributed by atoms with Crippen LogP contribution in [-0.4, -0.2) is 21.3 Å². The van der Waals surface area contributed by atoms with Gasteiger partial charge in [-0.3, -0.25) is 14.2 Å². The molecule has 3 rings (SSSR count). The van der Waals surface area contributed by atoms with Gasteiger partial charge in [0.2, 0.25) is 5.95 Å². The summed E-state index contributed by atoms with van der Waals surface area (Å²) in [6.07, 6.45) is 0. The molecule has 6 nitrogen and oxygen atoms in total. The third kappa shape index (κ3) is 1.53. The van der Waals surface area contributed by atoms with Crippen LogP contribution in [0.3, 0.4) is 0 Å². The van der Waals surface area contributed by atoms with E-state index in [2.05, 4.69) is 10.2 Å². The van der Waals surface area contributed by atoms with Crippen molar-refractivity contribution in [3.63, 3.8) is 0 Å². The fourth-order valence-electron chi connectivity index (χ4n) is 2.03. The third-order valence-corrected chi connectivity index (χ3v) is 3.19. The number of benzene rings is 1. The number of aromatic amines is 1. The molecule has 0 radical (unpaired) electrons. The van der Waals surface area contributed by atoms with Gasteiger partial charge in [-0.1, -0.05) is 23.7 Å². The van der Waals surface area contributed by atoms with Gasteiger partial charge in [0.1, 0.15) is 0 Å². The highest BCUT2D eigenvalue weighted by Crippen LogP contribution is 2.31. The fraction of sp³-hybridized carbons (Fsp3) is 0.182. The Hall–Kier alpha value is -2.08. The number of H-pyrrole nitrogens is 1. The number of anilines is 2. The van der Waals surface area contributed by atoms with E-state index in [4.69, 9.17) is 11.6 Å². The summed E-state index contributed by atoms with van der Waals surface area (Å²) in [6.45, 7) is 0.986. The van der Waals surface area contributed by atoms with Crippen molar-refractivity contribution in [3.05, 3.63) is 50.0 Å². The highest BCUT2D eigenvalue weighted by molar-refractivity contribution is 6.33. The lowest BCUT2D eigenvalue weighted by molar-refractivity contribution is 0.724. The Bertz CT molecular complexity index is 721. The number of aromatic nitrogens is 3. The number of fused-ring (bicyclic) bond motifs is 1. The summed E-state index contributed by atoms with van der Waals surface area (Å²) in [7, 11) is 0. The van der Waals surface area contributed by atoms with E-state index in [0.717, 1.165) is 5.69 Å². The smallest absolute Gasteiger partial charge is 0.307 e. The molecule has 0 aliphatic carbocycles. The number of nitrogens with one attached hydrogen (secondary N) is 1. The van der Waals surface area contributed by atoms with Crippen molar-refractivity contribution in [2.24, 2.45) is 0 Å². The molecule has 7 heteroatoms. The van der Waals surface area contributed by atoms with Crippen molar-refractivity contribution < 1.29 is 0 Å². The molecule has 0 amide bonds. The van der Waals surface area contributed by atoms with E-state index in [1.165, 1.54) is 4.57 Å². The minimum Gasteiger partial charge on any atom is -0.307 e. The Balaban J connectivity index is 2.17. The Morgan fingerprint density at radius 1 is 1.22 bits per heavy atom. The maximum Gasteiger partial charge on any atom is 0.330 e. The highest BCUT2D eigenvalue weighted by Gasteiger charge is 2.25. The molecule has 0 fully saturated rings. The van der Waals surface area contributed by atoms with E-state index in [9.17, 15) is 9.59 Å². The second kappa shape index (κ2) is 3.99. The SMILES string of the molecule is O=c1[nH]nc2n(c1=O)CCN2c1ccccc1Cl. The first-order valence-corrected chi connectivity index (χ1v) is 5.78. The van der Waals surface area contributed by atoms with E-state index in [1.807, 2.05) is 18.2 Å². The molecule has 2 aromatic rings. The molecule has 1 N–H and O–H groups in total. The van der Waals surface area contributed by atoms with Crippen molar-refractivity contribution in [2.45, 2.75) is 6.54 Å². The fourth-order valence-corrected chi connectivity index (χ4v) is 2.27. The van der Waals surface area contributed by atoms with Gasteiger partial charge in [0.25, 0.3) is 0 Å². The maximum atomic E-state index is 11.6. The average Bonchev–Trinajstić information content (AvgIpc) is 2.79. The first-order chi connectivity index (χ1) is 8.68. The Morgan fingerprint density at radius 3 is 2.78 bits per heavy atom. The van der Waals surface area contributed by atoms with Gasteiger partial charge in [0.05, 0.1) is 10.7 Å². The zero-order chi connectivity index (χ0) is 12.7. The third-order valence-electron chi connectivity index (χ3n) is 2.87. The van der Waals surface area contributed by atoms with E-state index in [-0.39, 0.29) is 0 Å². The van der Waals surface area contributed by atoms with Gasteiger partial charge in [0, 0.05) is 13.1 Å². The number of hydrogen-bond donors (Lipinski definition) is 1. The summed E-state index contributed by atoms with van der Waals surface area (Å²) < 4.78 is 1.35. The van der Waals surface area contributed by atoms with Crippen LogP contribution >= 0.6 is 11.6 Å². The van der Waals surface area contributed by atoms with Crippen LogP contribution in [0.2, 0.25) is 5.02 Å². The molecule has 18 heavy (non-hydrogen) atoms. The van der Waals surface area contributed by atoms with Crippen LogP contribution in [-0.2, 0) is 6.54 Å². The van der Waals surface area contributed by atoms with Crippen molar-refractivity contribution in [1.29, 1.82) is 0 Å². The van der Waals surface area contributed by atoms with Crippen LogP contribution in [0.25, 0.3) is 0 Å². The first-order valence-electron chi connectivity index (χ1n) is 5.40. The van der Waals surface area contributed by atoms with Crippen molar-refractivity contribution in [3.8, 4) is 0 Å². The number of halogens is 1. The van der Waals surface area contributed by atoms with Gasteiger partial charge >= 0.3 is 11.1 Å². The predicted molar refractivity (Wildman–Crippen MR) is 67.6 cm³/mol. The summed E-state index contributed by atoms with van der Waals surface area (Å²) in [6, 6.07) is 7.29.